The van der Waals surface area contributed by atoms with Gasteiger partial charge in [-0.15, -0.1) is 11.3 Å². The molecular formula is C16H14N2O3S. The Balaban J connectivity index is 1.54. The van der Waals surface area contributed by atoms with Crippen molar-refractivity contribution < 1.29 is 14.0 Å². The average molecular weight is 314 g/mol. The van der Waals surface area contributed by atoms with Crippen LogP contribution in [-0.4, -0.2) is 21.7 Å². The molecule has 1 fully saturated rings. The highest BCUT2D eigenvalue weighted by molar-refractivity contribution is 7.13. The third kappa shape index (κ3) is 2.11. The van der Waals surface area contributed by atoms with Crippen LogP contribution in [0.1, 0.15) is 18.5 Å². The fourth-order valence-corrected chi connectivity index (χ4v) is 3.74. The minimum Gasteiger partial charge on any atom is -0.443 e. The van der Waals surface area contributed by atoms with Crippen molar-refractivity contribution in [2.45, 2.75) is 19.4 Å². The molecule has 1 saturated heterocycles. The van der Waals surface area contributed by atoms with Crippen molar-refractivity contribution in [3.63, 3.8) is 0 Å². The Morgan fingerprint density at radius 3 is 2.59 bits per heavy atom. The Kier molecular flexibility index (Phi) is 3.18. The quantitative estimate of drug-likeness (QED) is 0.645. The first-order chi connectivity index (χ1) is 10.7. The largest absolute Gasteiger partial charge is 0.443 e. The third-order valence-electron chi connectivity index (χ3n) is 4.20. The van der Waals surface area contributed by atoms with E-state index in [9.17, 15) is 9.59 Å². The SMILES string of the molecule is O=C1[C@H]2CC=CC[C@@H]2C(=O)N1Cc1coc(-c2cccs2)n1. The Morgan fingerprint density at radius 1 is 1.23 bits per heavy atom. The van der Waals surface area contributed by atoms with Gasteiger partial charge < -0.3 is 4.42 Å². The summed E-state index contributed by atoms with van der Waals surface area (Å²) in [6.07, 6.45) is 6.81. The van der Waals surface area contributed by atoms with Crippen molar-refractivity contribution in [1.29, 1.82) is 0 Å². The van der Waals surface area contributed by atoms with Crippen LogP contribution in [0.4, 0.5) is 0 Å². The Labute approximate surface area is 131 Å². The molecule has 22 heavy (non-hydrogen) atoms. The number of carbonyl (C=O) groups is 2. The number of fused-ring (bicyclic) bond motifs is 1. The van der Waals surface area contributed by atoms with Crippen molar-refractivity contribution in [2.75, 3.05) is 0 Å². The molecule has 2 aromatic rings. The molecule has 6 heteroatoms. The van der Waals surface area contributed by atoms with Crippen LogP contribution in [0.3, 0.4) is 0 Å². The van der Waals surface area contributed by atoms with Gasteiger partial charge in [-0.1, -0.05) is 18.2 Å². The van der Waals surface area contributed by atoms with Crippen molar-refractivity contribution >= 4 is 23.2 Å². The van der Waals surface area contributed by atoms with Crippen LogP contribution in [0.2, 0.25) is 0 Å². The summed E-state index contributed by atoms with van der Waals surface area (Å²) in [4.78, 5) is 31.5. The van der Waals surface area contributed by atoms with Gasteiger partial charge in [-0.2, -0.15) is 0 Å². The van der Waals surface area contributed by atoms with Gasteiger partial charge in [0.25, 0.3) is 0 Å². The van der Waals surface area contributed by atoms with E-state index in [0.717, 1.165) is 4.88 Å². The van der Waals surface area contributed by atoms with Gasteiger partial charge in [0.05, 0.1) is 29.0 Å². The van der Waals surface area contributed by atoms with Crippen LogP contribution >= 0.6 is 11.3 Å². The van der Waals surface area contributed by atoms with E-state index in [1.165, 1.54) is 22.5 Å². The van der Waals surface area contributed by atoms with E-state index in [2.05, 4.69) is 4.98 Å². The number of aromatic nitrogens is 1. The summed E-state index contributed by atoms with van der Waals surface area (Å²) >= 11 is 1.54. The standard InChI is InChI=1S/C16H14N2O3S/c19-15-11-4-1-2-5-12(11)16(20)18(15)8-10-9-21-14(17-10)13-6-3-7-22-13/h1-3,6-7,9,11-12H,4-5,8H2/t11-,12-/m0/s1. The molecule has 0 bridgehead atoms. The molecule has 0 N–H and O–H groups in total. The molecule has 2 aromatic heterocycles. The molecule has 1 aliphatic heterocycles. The van der Waals surface area contributed by atoms with Gasteiger partial charge in [-0.3, -0.25) is 14.5 Å². The highest BCUT2D eigenvalue weighted by atomic mass is 32.1. The van der Waals surface area contributed by atoms with Gasteiger partial charge in [0, 0.05) is 0 Å². The number of amides is 2. The summed E-state index contributed by atoms with van der Waals surface area (Å²) in [5.74, 6) is -0.0226. The lowest BCUT2D eigenvalue weighted by atomic mass is 9.85. The van der Waals surface area contributed by atoms with Crippen LogP contribution < -0.4 is 0 Å². The van der Waals surface area contributed by atoms with Gasteiger partial charge in [-0.25, -0.2) is 4.98 Å². The number of carbonyl (C=O) groups excluding carboxylic acids is 2. The summed E-state index contributed by atoms with van der Waals surface area (Å²) in [6, 6.07) is 3.85. The molecule has 4 rings (SSSR count). The number of hydrogen-bond acceptors (Lipinski definition) is 5. The zero-order valence-electron chi connectivity index (χ0n) is 11.8. The summed E-state index contributed by atoms with van der Waals surface area (Å²) in [7, 11) is 0. The summed E-state index contributed by atoms with van der Waals surface area (Å²) < 4.78 is 5.45. The lowest BCUT2D eigenvalue weighted by Crippen LogP contribution is -2.30. The first-order valence-corrected chi connectivity index (χ1v) is 8.10. The van der Waals surface area contributed by atoms with Crippen LogP contribution in [0.25, 0.3) is 10.8 Å². The average Bonchev–Trinajstić information content (AvgIpc) is 3.25. The predicted molar refractivity (Wildman–Crippen MR) is 80.7 cm³/mol. The molecule has 5 nitrogen and oxygen atoms in total. The zero-order chi connectivity index (χ0) is 15.1. The minimum atomic E-state index is -0.193. The summed E-state index contributed by atoms with van der Waals surface area (Å²) in [6.45, 7) is 0.194. The van der Waals surface area contributed by atoms with E-state index in [4.69, 9.17) is 4.42 Å². The first-order valence-electron chi connectivity index (χ1n) is 7.22. The summed E-state index contributed by atoms with van der Waals surface area (Å²) in [5, 5.41) is 1.95. The van der Waals surface area contributed by atoms with Crippen LogP contribution in [0.5, 0.6) is 0 Å². The van der Waals surface area contributed by atoms with Crippen molar-refractivity contribution in [2.24, 2.45) is 11.8 Å². The molecular weight excluding hydrogens is 300 g/mol. The van der Waals surface area contributed by atoms with Crippen LogP contribution in [0, 0.1) is 11.8 Å². The Morgan fingerprint density at radius 2 is 1.95 bits per heavy atom. The van der Waals surface area contributed by atoms with E-state index >= 15 is 0 Å². The molecule has 2 aliphatic rings. The topological polar surface area (TPSA) is 63.4 Å². The number of rotatable bonds is 3. The molecule has 0 unspecified atom stereocenters. The number of thiophene rings is 1. The molecule has 2 atom stereocenters. The fourth-order valence-electron chi connectivity index (χ4n) is 3.08. The second kappa shape index (κ2) is 5.21. The zero-order valence-corrected chi connectivity index (χ0v) is 12.6. The smallest absolute Gasteiger partial charge is 0.236 e. The van der Waals surface area contributed by atoms with Gasteiger partial charge in [0.1, 0.15) is 6.26 Å². The molecule has 0 radical (unpaired) electrons. The minimum absolute atomic E-state index is 0.0833. The van der Waals surface area contributed by atoms with Gasteiger partial charge in [0.2, 0.25) is 17.7 Å². The third-order valence-corrected chi connectivity index (χ3v) is 5.06. The molecule has 2 amide bonds. The van der Waals surface area contributed by atoms with E-state index in [0.29, 0.717) is 24.4 Å². The molecule has 1 aliphatic carbocycles. The van der Waals surface area contributed by atoms with Crippen molar-refractivity contribution in [1.82, 2.24) is 9.88 Å². The van der Waals surface area contributed by atoms with Gasteiger partial charge in [-0.05, 0) is 24.3 Å². The highest BCUT2D eigenvalue weighted by Gasteiger charge is 2.47. The van der Waals surface area contributed by atoms with Crippen LogP contribution in [0.15, 0.2) is 40.3 Å². The van der Waals surface area contributed by atoms with Gasteiger partial charge in [0.15, 0.2) is 0 Å². The number of hydrogen-bond donors (Lipinski definition) is 0. The molecule has 0 spiro atoms. The molecule has 0 aromatic carbocycles. The number of allylic oxidation sites excluding steroid dienone is 2. The fraction of sp³-hybridized carbons (Fsp3) is 0.312. The maximum atomic E-state index is 12.4. The summed E-state index contributed by atoms with van der Waals surface area (Å²) in [5.41, 5.74) is 0.608. The van der Waals surface area contributed by atoms with E-state index < -0.39 is 0 Å². The number of oxazole rings is 1. The van der Waals surface area contributed by atoms with Crippen molar-refractivity contribution in [3.8, 4) is 10.8 Å². The van der Waals surface area contributed by atoms with E-state index in [-0.39, 0.29) is 30.2 Å². The highest BCUT2D eigenvalue weighted by Crippen LogP contribution is 2.36. The van der Waals surface area contributed by atoms with Crippen LogP contribution in [-0.2, 0) is 16.1 Å². The Hall–Kier alpha value is -2.21. The second-order valence-electron chi connectivity index (χ2n) is 5.54. The molecule has 3 heterocycles. The second-order valence-corrected chi connectivity index (χ2v) is 6.49. The van der Waals surface area contributed by atoms with E-state index in [1.54, 1.807) is 0 Å². The van der Waals surface area contributed by atoms with E-state index in [1.807, 2.05) is 29.7 Å². The lowest BCUT2D eigenvalue weighted by Gasteiger charge is -2.14. The predicted octanol–water partition coefficient (Wildman–Crippen LogP) is 2.85. The van der Waals surface area contributed by atoms with Gasteiger partial charge >= 0.3 is 0 Å². The molecule has 112 valence electrons. The first kappa shape index (κ1) is 13.5. The lowest BCUT2D eigenvalue weighted by molar-refractivity contribution is -0.140. The Bertz CT molecular complexity index is 721. The monoisotopic (exact) mass is 314 g/mol. The van der Waals surface area contributed by atoms with Crippen molar-refractivity contribution in [3.05, 3.63) is 41.6 Å². The molecule has 0 saturated carbocycles. The number of imide groups is 1. The maximum absolute atomic E-state index is 12.4. The number of nitrogens with zero attached hydrogens (tertiary/aromatic N) is 2. The number of likely N-dealkylation sites (tertiary alicyclic amines) is 1. The maximum Gasteiger partial charge on any atom is 0.236 e. The normalized spacial score (nSPS) is 24.1.